The van der Waals surface area contributed by atoms with Gasteiger partial charge in [0.05, 0.1) is 6.61 Å². The van der Waals surface area contributed by atoms with E-state index in [0.29, 0.717) is 6.54 Å². The molecule has 0 radical (unpaired) electrons. The van der Waals surface area contributed by atoms with E-state index in [4.69, 9.17) is 0 Å². The predicted octanol–water partition coefficient (Wildman–Crippen LogP) is 1.49. The van der Waals surface area contributed by atoms with E-state index in [1.54, 1.807) is 6.08 Å². The molecule has 124 valence electrons. The molecule has 0 aliphatic rings. The summed E-state index contributed by atoms with van der Waals surface area (Å²) in [4.78, 5) is 23.9. The van der Waals surface area contributed by atoms with Gasteiger partial charge in [0.25, 0.3) is 0 Å². The highest BCUT2D eigenvalue weighted by molar-refractivity contribution is 5.95. The summed E-state index contributed by atoms with van der Waals surface area (Å²) in [6.07, 6.45) is 2.98. The molecular weight excluding hydrogens is 304 g/mol. The zero-order valence-electron chi connectivity index (χ0n) is 13.2. The summed E-state index contributed by atoms with van der Waals surface area (Å²) in [5, 5.41) is 14.5. The van der Waals surface area contributed by atoms with Crippen molar-refractivity contribution in [2.75, 3.05) is 6.61 Å². The van der Waals surface area contributed by atoms with Gasteiger partial charge in [0.1, 0.15) is 6.04 Å². The lowest BCUT2D eigenvalue weighted by Gasteiger charge is -2.15. The predicted molar refractivity (Wildman–Crippen MR) is 92.8 cm³/mol. The molecule has 0 fully saturated rings. The molecule has 0 aromatic heterocycles. The highest BCUT2D eigenvalue weighted by Crippen LogP contribution is 2.01. The Morgan fingerprint density at radius 2 is 1.62 bits per heavy atom. The first-order valence-electron chi connectivity index (χ1n) is 7.65. The highest BCUT2D eigenvalue weighted by Gasteiger charge is 2.18. The molecule has 2 rings (SSSR count). The third kappa shape index (κ3) is 5.70. The molecule has 0 saturated heterocycles. The molecule has 3 N–H and O–H groups in total. The standard InChI is InChI=1S/C19H20N2O3/c22-14-17(19(24)20-13-16-9-5-2-6-10-16)21-18(23)12-11-15-7-3-1-4-8-15/h1-12,17,22H,13-14H2,(H,20,24)(H,21,23)/t17-/m0/s1. The highest BCUT2D eigenvalue weighted by atomic mass is 16.3. The Kier molecular flexibility index (Phi) is 6.73. The maximum Gasteiger partial charge on any atom is 0.245 e. The molecule has 1 atom stereocenters. The third-order valence-corrected chi connectivity index (χ3v) is 3.35. The fraction of sp³-hybridized carbons (Fsp3) is 0.158. The first kappa shape index (κ1) is 17.4. The average molecular weight is 324 g/mol. The Hall–Kier alpha value is -2.92. The van der Waals surface area contributed by atoms with Crippen LogP contribution in [0.2, 0.25) is 0 Å². The summed E-state index contributed by atoms with van der Waals surface area (Å²) in [6, 6.07) is 17.8. The minimum Gasteiger partial charge on any atom is -0.394 e. The molecule has 2 amide bonds. The van der Waals surface area contributed by atoms with Crippen LogP contribution in [-0.4, -0.2) is 29.6 Å². The van der Waals surface area contributed by atoms with Crippen molar-refractivity contribution in [2.45, 2.75) is 12.6 Å². The van der Waals surface area contributed by atoms with E-state index in [1.165, 1.54) is 6.08 Å². The molecule has 5 nitrogen and oxygen atoms in total. The summed E-state index contributed by atoms with van der Waals surface area (Å²) in [6.45, 7) is -0.128. The summed E-state index contributed by atoms with van der Waals surface area (Å²) in [5.41, 5.74) is 1.82. The number of aliphatic hydroxyl groups excluding tert-OH is 1. The second kappa shape index (κ2) is 9.27. The number of hydrogen-bond acceptors (Lipinski definition) is 3. The fourth-order valence-corrected chi connectivity index (χ4v) is 2.06. The quantitative estimate of drug-likeness (QED) is 0.675. The first-order valence-corrected chi connectivity index (χ1v) is 7.65. The van der Waals surface area contributed by atoms with E-state index in [9.17, 15) is 14.7 Å². The summed E-state index contributed by atoms with van der Waals surface area (Å²) < 4.78 is 0. The Bertz CT molecular complexity index is 684. The third-order valence-electron chi connectivity index (χ3n) is 3.35. The lowest BCUT2D eigenvalue weighted by Crippen LogP contribution is -2.48. The number of amides is 2. The first-order chi connectivity index (χ1) is 11.7. The van der Waals surface area contributed by atoms with Crippen molar-refractivity contribution in [2.24, 2.45) is 0 Å². The number of aliphatic hydroxyl groups is 1. The van der Waals surface area contributed by atoms with Crippen LogP contribution < -0.4 is 10.6 Å². The number of benzene rings is 2. The van der Waals surface area contributed by atoms with Crippen molar-refractivity contribution in [1.29, 1.82) is 0 Å². The van der Waals surface area contributed by atoms with Crippen molar-refractivity contribution in [3.05, 3.63) is 77.9 Å². The van der Waals surface area contributed by atoms with Crippen LogP contribution in [0.4, 0.5) is 0 Å². The number of carbonyl (C=O) groups excluding carboxylic acids is 2. The molecule has 0 aliphatic carbocycles. The van der Waals surface area contributed by atoms with Crippen LogP contribution >= 0.6 is 0 Å². The van der Waals surface area contributed by atoms with Gasteiger partial charge in [0.2, 0.25) is 11.8 Å². The summed E-state index contributed by atoms with van der Waals surface area (Å²) >= 11 is 0. The second-order valence-corrected chi connectivity index (χ2v) is 5.19. The van der Waals surface area contributed by atoms with Crippen molar-refractivity contribution in [3.63, 3.8) is 0 Å². The SMILES string of the molecule is O=C(C=Cc1ccccc1)N[C@@H](CO)C(=O)NCc1ccccc1. The van der Waals surface area contributed by atoms with E-state index < -0.39 is 24.5 Å². The Morgan fingerprint density at radius 3 is 2.25 bits per heavy atom. The van der Waals surface area contributed by atoms with Gasteiger partial charge in [0.15, 0.2) is 0 Å². The Labute approximate surface area is 141 Å². The molecule has 5 heteroatoms. The molecule has 0 unspecified atom stereocenters. The normalized spacial score (nSPS) is 11.9. The van der Waals surface area contributed by atoms with Crippen LogP contribution in [0.5, 0.6) is 0 Å². The Morgan fingerprint density at radius 1 is 1.00 bits per heavy atom. The lowest BCUT2D eigenvalue weighted by molar-refractivity contribution is -0.128. The van der Waals surface area contributed by atoms with Gasteiger partial charge in [-0.1, -0.05) is 60.7 Å². The van der Waals surface area contributed by atoms with Gasteiger partial charge in [-0.15, -0.1) is 0 Å². The molecule has 2 aromatic rings. The van der Waals surface area contributed by atoms with Crippen LogP contribution in [-0.2, 0) is 16.1 Å². The molecule has 24 heavy (non-hydrogen) atoms. The van der Waals surface area contributed by atoms with E-state index in [-0.39, 0.29) is 0 Å². The van der Waals surface area contributed by atoms with Crippen molar-refractivity contribution >= 4 is 17.9 Å². The number of hydrogen-bond donors (Lipinski definition) is 3. The summed E-state index contributed by atoms with van der Waals surface area (Å²) in [7, 11) is 0. The largest absolute Gasteiger partial charge is 0.394 e. The van der Waals surface area contributed by atoms with Gasteiger partial charge in [0, 0.05) is 12.6 Å². The lowest BCUT2D eigenvalue weighted by atomic mass is 10.2. The topological polar surface area (TPSA) is 78.4 Å². The van der Waals surface area contributed by atoms with E-state index in [1.807, 2.05) is 60.7 Å². The summed E-state index contributed by atoms with van der Waals surface area (Å²) in [5.74, 6) is -0.865. The molecular formula is C19H20N2O3. The number of nitrogens with one attached hydrogen (secondary N) is 2. The maximum absolute atomic E-state index is 12.0. The smallest absolute Gasteiger partial charge is 0.245 e. The minimum absolute atomic E-state index is 0.339. The zero-order chi connectivity index (χ0) is 17.2. The minimum atomic E-state index is -0.985. The van der Waals surface area contributed by atoms with Crippen molar-refractivity contribution in [1.82, 2.24) is 10.6 Å². The maximum atomic E-state index is 12.0. The van der Waals surface area contributed by atoms with Crippen molar-refractivity contribution in [3.8, 4) is 0 Å². The molecule has 0 bridgehead atoms. The Balaban J connectivity index is 1.85. The van der Waals surface area contributed by atoms with Gasteiger partial charge < -0.3 is 15.7 Å². The van der Waals surface area contributed by atoms with Gasteiger partial charge in [-0.25, -0.2) is 0 Å². The monoisotopic (exact) mass is 324 g/mol. The molecule has 2 aromatic carbocycles. The van der Waals surface area contributed by atoms with Gasteiger partial charge in [-0.05, 0) is 17.2 Å². The molecule has 0 heterocycles. The molecule has 0 aliphatic heterocycles. The average Bonchev–Trinajstić information content (AvgIpc) is 2.64. The van der Waals surface area contributed by atoms with E-state index in [2.05, 4.69) is 10.6 Å². The van der Waals surface area contributed by atoms with Gasteiger partial charge >= 0.3 is 0 Å². The molecule has 0 saturated carbocycles. The van der Waals surface area contributed by atoms with Crippen LogP contribution in [0.15, 0.2) is 66.7 Å². The van der Waals surface area contributed by atoms with Crippen LogP contribution in [0.3, 0.4) is 0 Å². The number of carbonyl (C=O) groups is 2. The fourth-order valence-electron chi connectivity index (χ4n) is 2.06. The van der Waals surface area contributed by atoms with Crippen molar-refractivity contribution < 1.29 is 14.7 Å². The van der Waals surface area contributed by atoms with Crippen LogP contribution in [0.1, 0.15) is 11.1 Å². The van der Waals surface area contributed by atoms with Gasteiger partial charge in [-0.2, -0.15) is 0 Å². The van der Waals surface area contributed by atoms with E-state index >= 15 is 0 Å². The second-order valence-electron chi connectivity index (χ2n) is 5.19. The van der Waals surface area contributed by atoms with E-state index in [0.717, 1.165) is 11.1 Å². The van der Waals surface area contributed by atoms with Crippen LogP contribution in [0.25, 0.3) is 6.08 Å². The number of rotatable bonds is 7. The molecule has 0 spiro atoms. The van der Waals surface area contributed by atoms with Crippen LogP contribution in [0, 0.1) is 0 Å². The zero-order valence-corrected chi connectivity index (χ0v) is 13.2. The van der Waals surface area contributed by atoms with Gasteiger partial charge in [-0.3, -0.25) is 9.59 Å².